The maximum absolute atomic E-state index is 10.8. The third-order valence-electron chi connectivity index (χ3n) is 2.24. The van der Waals surface area contributed by atoms with E-state index < -0.39 is 5.97 Å². The van der Waals surface area contributed by atoms with Crippen LogP contribution >= 0.6 is 0 Å². The maximum atomic E-state index is 10.8. The Kier molecular flexibility index (Phi) is 2.64. The number of aromatic carboxylic acids is 1. The molecule has 0 aliphatic heterocycles. The van der Waals surface area contributed by atoms with Gasteiger partial charge in [0.2, 0.25) is 0 Å². The van der Waals surface area contributed by atoms with E-state index in [2.05, 4.69) is 0 Å². The smallest absolute Gasteiger partial charge is 0.335 e. The number of carbonyl (C=O) groups is 1. The summed E-state index contributed by atoms with van der Waals surface area (Å²) in [5.41, 5.74) is 0.921. The minimum atomic E-state index is -0.982. The molecule has 16 heavy (non-hydrogen) atoms. The van der Waals surface area contributed by atoms with Crippen molar-refractivity contribution in [2.75, 3.05) is 7.11 Å². The fraction of sp³-hybridized carbons (Fsp3) is 0.0833. The van der Waals surface area contributed by atoms with Crippen molar-refractivity contribution in [3.8, 4) is 17.1 Å². The van der Waals surface area contributed by atoms with Crippen molar-refractivity contribution in [1.29, 1.82) is 0 Å². The van der Waals surface area contributed by atoms with Crippen molar-refractivity contribution in [1.82, 2.24) is 0 Å². The fourth-order valence-electron chi connectivity index (χ4n) is 1.46. The van der Waals surface area contributed by atoms with Crippen LogP contribution in [-0.2, 0) is 0 Å². The van der Waals surface area contributed by atoms with Crippen molar-refractivity contribution in [2.24, 2.45) is 0 Å². The van der Waals surface area contributed by atoms with E-state index >= 15 is 0 Å². The fourth-order valence-corrected chi connectivity index (χ4v) is 1.46. The zero-order chi connectivity index (χ0) is 11.5. The van der Waals surface area contributed by atoms with Crippen LogP contribution in [0.3, 0.4) is 0 Å². The third-order valence-corrected chi connectivity index (χ3v) is 2.24. The molecule has 0 bridgehead atoms. The molecule has 0 saturated heterocycles. The molecule has 4 heteroatoms. The summed E-state index contributed by atoms with van der Waals surface area (Å²) in [4.78, 5) is 10.8. The molecule has 0 fully saturated rings. The van der Waals surface area contributed by atoms with E-state index in [9.17, 15) is 4.79 Å². The molecule has 0 unspecified atom stereocenters. The molecule has 0 atom stereocenters. The number of benzene rings is 1. The van der Waals surface area contributed by atoms with Gasteiger partial charge in [0.25, 0.3) is 0 Å². The van der Waals surface area contributed by atoms with E-state index in [1.807, 2.05) is 0 Å². The van der Waals surface area contributed by atoms with E-state index in [1.54, 1.807) is 24.5 Å². The van der Waals surface area contributed by atoms with Gasteiger partial charge in [0.15, 0.2) is 0 Å². The predicted molar refractivity (Wildman–Crippen MR) is 57.7 cm³/mol. The van der Waals surface area contributed by atoms with E-state index in [0.29, 0.717) is 11.5 Å². The van der Waals surface area contributed by atoms with Gasteiger partial charge in [0.1, 0.15) is 11.5 Å². The van der Waals surface area contributed by atoms with Crippen molar-refractivity contribution >= 4 is 5.97 Å². The second-order valence-corrected chi connectivity index (χ2v) is 3.20. The van der Waals surface area contributed by atoms with Crippen LogP contribution in [0.1, 0.15) is 10.4 Å². The SMILES string of the molecule is COc1cc(C(=O)O)ccc1-c1ccco1. The molecule has 1 N–H and O–H groups in total. The summed E-state index contributed by atoms with van der Waals surface area (Å²) in [7, 11) is 1.49. The van der Waals surface area contributed by atoms with Crippen LogP contribution in [0.4, 0.5) is 0 Å². The Balaban J connectivity index is 2.51. The van der Waals surface area contributed by atoms with Gasteiger partial charge in [-0.15, -0.1) is 0 Å². The van der Waals surface area contributed by atoms with E-state index in [0.717, 1.165) is 5.56 Å². The Labute approximate surface area is 92.1 Å². The average Bonchev–Trinajstić information content (AvgIpc) is 2.81. The summed E-state index contributed by atoms with van der Waals surface area (Å²) in [5.74, 6) is 0.146. The van der Waals surface area contributed by atoms with Crippen molar-refractivity contribution in [3.63, 3.8) is 0 Å². The summed E-state index contributed by atoms with van der Waals surface area (Å²) >= 11 is 0. The van der Waals surface area contributed by atoms with Crippen LogP contribution in [0.2, 0.25) is 0 Å². The minimum absolute atomic E-state index is 0.187. The molecule has 4 nitrogen and oxygen atoms in total. The molecule has 1 aromatic carbocycles. The van der Waals surface area contributed by atoms with Gasteiger partial charge in [-0.1, -0.05) is 0 Å². The summed E-state index contributed by atoms with van der Waals surface area (Å²) in [6.45, 7) is 0. The Morgan fingerprint density at radius 1 is 1.38 bits per heavy atom. The Morgan fingerprint density at radius 3 is 2.75 bits per heavy atom. The monoisotopic (exact) mass is 218 g/mol. The summed E-state index contributed by atoms with van der Waals surface area (Å²) in [5, 5.41) is 8.85. The molecule has 0 spiro atoms. The van der Waals surface area contributed by atoms with Gasteiger partial charge in [-0.25, -0.2) is 4.79 Å². The number of hydrogen-bond donors (Lipinski definition) is 1. The van der Waals surface area contributed by atoms with Gasteiger partial charge >= 0.3 is 5.97 Å². The van der Waals surface area contributed by atoms with Gasteiger partial charge in [-0.2, -0.15) is 0 Å². The Hall–Kier alpha value is -2.23. The highest BCUT2D eigenvalue weighted by Crippen LogP contribution is 2.31. The van der Waals surface area contributed by atoms with Crippen LogP contribution < -0.4 is 4.74 Å². The van der Waals surface area contributed by atoms with Crippen LogP contribution in [0, 0.1) is 0 Å². The number of methoxy groups -OCH3 is 1. The van der Waals surface area contributed by atoms with Gasteiger partial charge in [0, 0.05) is 0 Å². The zero-order valence-corrected chi connectivity index (χ0v) is 8.64. The lowest BCUT2D eigenvalue weighted by molar-refractivity contribution is 0.0696. The first-order valence-corrected chi connectivity index (χ1v) is 4.67. The van der Waals surface area contributed by atoms with E-state index in [1.165, 1.54) is 19.2 Å². The van der Waals surface area contributed by atoms with Crippen LogP contribution in [-0.4, -0.2) is 18.2 Å². The molecule has 1 aromatic heterocycles. The lowest BCUT2D eigenvalue weighted by atomic mass is 10.1. The molecule has 2 aromatic rings. The molecular formula is C12H10O4. The molecule has 82 valence electrons. The first kappa shape index (κ1) is 10.3. The number of ether oxygens (including phenoxy) is 1. The molecular weight excluding hydrogens is 208 g/mol. The number of hydrogen-bond acceptors (Lipinski definition) is 3. The van der Waals surface area contributed by atoms with Crippen molar-refractivity contribution in [3.05, 3.63) is 42.2 Å². The molecule has 0 aliphatic carbocycles. The maximum Gasteiger partial charge on any atom is 0.335 e. The first-order valence-electron chi connectivity index (χ1n) is 4.67. The largest absolute Gasteiger partial charge is 0.496 e. The average molecular weight is 218 g/mol. The lowest BCUT2D eigenvalue weighted by Crippen LogP contribution is -1.97. The summed E-state index contributed by atoms with van der Waals surface area (Å²) in [6, 6.07) is 8.21. The van der Waals surface area contributed by atoms with E-state index in [-0.39, 0.29) is 5.56 Å². The molecule has 2 rings (SSSR count). The minimum Gasteiger partial charge on any atom is -0.496 e. The van der Waals surface area contributed by atoms with Crippen molar-refractivity contribution in [2.45, 2.75) is 0 Å². The Bertz CT molecular complexity index is 500. The zero-order valence-electron chi connectivity index (χ0n) is 8.64. The normalized spacial score (nSPS) is 10.1. The van der Waals surface area contributed by atoms with Gasteiger partial charge in [-0.05, 0) is 30.3 Å². The van der Waals surface area contributed by atoms with Gasteiger partial charge in [0.05, 0.1) is 24.5 Å². The quantitative estimate of drug-likeness (QED) is 0.860. The molecule has 1 heterocycles. The lowest BCUT2D eigenvalue weighted by Gasteiger charge is -2.06. The highest BCUT2D eigenvalue weighted by Gasteiger charge is 2.11. The highest BCUT2D eigenvalue weighted by molar-refractivity contribution is 5.89. The van der Waals surface area contributed by atoms with Crippen LogP contribution in [0.5, 0.6) is 5.75 Å². The Morgan fingerprint density at radius 2 is 2.19 bits per heavy atom. The number of carboxylic acids is 1. The summed E-state index contributed by atoms with van der Waals surface area (Å²) < 4.78 is 10.4. The van der Waals surface area contributed by atoms with Crippen LogP contribution in [0.25, 0.3) is 11.3 Å². The first-order chi connectivity index (χ1) is 7.72. The van der Waals surface area contributed by atoms with Gasteiger partial charge in [-0.3, -0.25) is 0 Å². The standard InChI is InChI=1S/C12H10O4/c1-15-11-7-8(12(13)14)4-5-9(11)10-3-2-6-16-10/h2-7H,1H3,(H,13,14). The number of furan rings is 1. The molecule has 0 amide bonds. The number of carboxylic acid groups (broad SMARTS) is 1. The molecule has 0 aliphatic rings. The van der Waals surface area contributed by atoms with E-state index in [4.69, 9.17) is 14.3 Å². The van der Waals surface area contributed by atoms with Crippen LogP contribution in [0.15, 0.2) is 41.0 Å². The van der Waals surface area contributed by atoms with Gasteiger partial charge < -0.3 is 14.3 Å². The van der Waals surface area contributed by atoms with Crippen molar-refractivity contribution < 1.29 is 19.1 Å². The third kappa shape index (κ3) is 1.77. The number of rotatable bonds is 3. The second-order valence-electron chi connectivity index (χ2n) is 3.20. The second kappa shape index (κ2) is 4.10. The molecule has 0 saturated carbocycles. The topological polar surface area (TPSA) is 59.7 Å². The predicted octanol–water partition coefficient (Wildman–Crippen LogP) is 2.65. The highest BCUT2D eigenvalue weighted by atomic mass is 16.5. The summed E-state index contributed by atoms with van der Waals surface area (Å²) in [6.07, 6.45) is 1.56. The molecule has 0 radical (unpaired) electrons.